The van der Waals surface area contributed by atoms with Gasteiger partial charge in [0.25, 0.3) is 0 Å². The van der Waals surface area contributed by atoms with Crippen LogP contribution in [0.4, 0.5) is 0 Å². The zero-order valence-corrected chi connectivity index (χ0v) is 12.3. The average Bonchev–Trinajstić information content (AvgIpc) is 2.71. The third-order valence-corrected chi connectivity index (χ3v) is 6.21. The summed E-state index contributed by atoms with van der Waals surface area (Å²) in [5, 5.41) is 0. The smallest absolute Gasteiger partial charge is 0.0238 e. The van der Waals surface area contributed by atoms with Gasteiger partial charge in [0.1, 0.15) is 0 Å². The standard InChI is InChI=1S/C17H31N/c1-2-3-7-15-9-10-16-8-4-5-11-17(16)12-6-13-18(17)14-15/h15-16H,2-14H2,1H3/t15-,16+,17+/m1/s1. The maximum atomic E-state index is 2.96. The molecule has 1 nitrogen and oxygen atoms in total. The average molecular weight is 249 g/mol. The van der Waals surface area contributed by atoms with Gasteiger partial charge in [-0.15, -0.1) is 0 Å². The molecule has 2 aliphatic heterocycles. The number of rotatable bonds is 3. The summed E-state index contributed by atoms with van der Waals surface area (Å²) in [5.74, 6) is 2.07. The van der Waals surface area contributed by atoms with Crippen molar-refractivity contribution in [2.75, 3.05) is 13.1 Å². The van der Waals surface area contributed by atoms with Crippen molar-refractivity contribution >= 4 is 0 Å². The van der Waals surface area contributed by atoms with E-state index < -0.39 is 0 Å². The lowest BCUT2D eigenvalue weighted by Gasteiger charge is -2.46. The van der Waals surface area contributed by atoms with E-state index in [0.717, 1.165) is 11.8 Å². The third-order valence-electron chi connectivity index (χ3n) is 6.21. The normalized spacial score (nSPS) is 41.2. The van der Waals surface area contributed by atoms with Crippen LogP contribution in [0.2, 0.25) is 0 Å². The lowest BCUT2D eigenvalue weighted by molar-refractivity contribution is 0.0401. The van der Waals surface area contributed by atoms with Crippen LogP contribution >= 0.6 is 0 Å². The van der Waals surface area contributed by atoms with Crippen molar-refractivity contribution in [2.45, 2.75) is 83.1 Å². The Morgan fingerprint density at radius 3 is 2.83 bits per heavy atom. The van der Waals surface area contributed by atoms with Crippen LogP contribution in [-0.4, -0.2) is 23.5 Å². The molecule has 3 aliphatic rings. The quantitative estimate of drug-likeness (QED) is 0.706. The van der Waals surface area contributed by atoms with Crippen molar-refractivity contribution in [2.24, 2.45) is 11.8 Å². The van der Waals surface area contributed by atoms with Crippen LogP contribution in [0.25, 0.3) is 0 Å². The van der Waals surface area contributed by atoms with Gasteiger partial charge in [0.2, 0.25) is 0 Å². The van der Waals surface area contributed by atoms with Gasteiger partial charge in [0, 0.05) is 12.1 Å². The Labute approximate surface area is 113 Å². The molecule has 0 unspecified atom stereocenters. The summed E-state index contributed by atoms with van der Waals surface area (Å²) >= 11 is 0. The monoisotopic (exact) mass is 249 g/mol. The fraction of sp³-hybridized carbons (Fsp3) is 1.00. The maximum absolute atomic E-state index is 2.96. The molecule has 0 bridgehead atoms. The largest absolute Gasteiger partial charge is 0.297 e. The molecule has 1 saturated carbocycles. The van der Waals surface area contributed by atoms with Crippen LogP contribution in [-0.2, 0) is 0 Å². The molecule has 0 aromatic heterocycles. The molecule has 0 amide bonds. The molecule has 3 atom stereocenters. The second kappa shape index (κ2) is 5.53. The number of unbranched alkanes of at least 4 members (excludes halogenated alkanes) is 1. The molecule has 2 saturated heterocycles. The van der Waals surface area contributed by atoms with Crippen molar-refractivity contribution in [1.82, 2.24) is 4.90 Å². The molecule has 1 heteroatoms. The second-order valence-corrected chi connectivity index (χ2v) is 7.18. The molecule has 3 rings (SSSR count). The number of nitrogens with zero attached hydrogens (tertiary/aromatic N) is 1. The van der Waals surface area contributed by atoms with E-state index in [1.54, 1.807) is 6.42 Å². The lowest BCUT2D eigenvalue weighted by Crippen LogP contribution is -2.51. The van der Waals surface area contributed by atoms with Gasteiger partial charge in [0.15, 0.2) is 0 Å². The molecule has 3 fully saturated rings. The maximum Gasteiger partial charge on any atom is 0.0238 e. The van der Waals surface area contributed by atoms with Gasteiger partial charge < -0.3 is 0 Å². The van der Waals surface area contributed by atoms with Gasteiger partial charge in [-0.2, -0.15) is 0 Å². The first-order valence-electron chi connectivity index (χ1n) is 8.60. The summed E-state index contributed by atoms with van der Waals surface area (Å²) < 4.78 is 0. The van der Waals surface area contributed by atoms with E-state index in [1.165, 1.54) is 77.3 Å². The minimum Gasteiger partial charge on any atom is -0.297 e. The van der Waals surface area contributed by atoms with Crippen LogP contribution in [0.1, 0.15) is 77.6 Å². The molecule has 0 N–H and O–H groups in total. The molecule has 0 radical (unpaired) electrons. The molecule has 0 aromatic carbocycles. The second-order valence-electron chi connectivity index (χ2n) is 7.18. The van der Waals surface area contributed by atoms with Gasteiger partial charge in [0.05, 0.1) is 0 Å². The van der Waals surface area contributed by atoms with Crippen molar-refractivity contribution < 1.29 is 0 Å². The highest BCUT2D eigenvalue weighted by Gasteiger charge is 2.49. The van der Waals surface area contributed by atoms with Gasteiger partial charge in [-0.1, -0.05) is 32.6 Å². The summed E-state index contributed by atoms with van der Waals surface area (Å²) in [4.78, 5) is 2.96. The van der Waals surface area contributed by atoms with Crippen LogP contribution in [0, 0.1) is 11.8 Å². The zero-order chi connectivity index (χ0) is 12.4. The molecule has 104 valence electrons. The molecule has 1 spiro atoms. The minimum atomic E-state index is 0.680. The Morgan fingerprint density at radius 1 is 1.06 bits per heavy atom. The first-order valence-corrected chi connectivity index (χ1v) is 8.60. The Kier molecular flexibility index (Phi) is 3.98. The summed E-state index contributed by atoms with van der Waals surface area (Å²) in [6, 6.07) is 0. The van der Waals surface area contributed by atoms with Crippen molar-refractivity contribution in [1.29, 1.82) is 0 Å². The van der Waals surface area contributed by atoms with E-state index in [1.807, 2.05) is 0 Å². The van der Waals surface area contributed by atoms with E-state index in [2.05, 4.69) is 11.8 Å². The summed E-state index contributed by atoms with van der Waals surface area (Å²) in [6.07, 6.45) is 16.5. The predicted octanol–water partition coefficient (Wildman–Crippen LogP) is 4.61. The van der Waals surface area contributed by atoms with Crippen LogP contribution in [0.5, 0.6) is 0 Å². The SMILES string of the molecule is CCCC[C@@H]1CC[C@@H]2CCCC[C@]23CCCN3C1. The highest BCUT2D eigenvalue weighted by atomic mass is 15.2. The Balaban J connectivity index is 1.73. The highest BCUT2D eigenvalue weighted by Crippen LogP contribution is 2.50. The topological polar surface area (TPSA) is 3.24 Å². The van der Waals surface area contributed by atoms with Crippen molar-refractivity contribution in [3.8, 4) is 0 Å². The molecule has 2 heterocycles. The summed E-state index contributed by atoms with van der Waals surface area (Å²) in [5.41, 5.74) is 0.680. The van der Waals surface area contributed by atoms with E-state index in [9.17, 15) is 0 Å². The van der Waals surface area contributed by atoms with Crippen molar-refractivity contribution in [3.63, 3.8) is 0 Å². The number of hydrogen-bond acceptors (Lipinski definition) is 1. The van der Waals surface area contributed by atoms with E-state index in [0.29, 0.717) is 5.54 Å². The van der Waals surface area contributed by atoms with E-state index >= 15 is 0 Å². The molecular formula is C17H31N. The fourth-order valence-corrected chi connectivity index (χ4v) is 5.25. The van der Waals surface area contributed by atoms with E-state index in [4.69, 9.17) is 0 Å². The molecule has 1 aliphatic carbocycles. The highest BCUT2D eigenvalue weighted by molar-refractivity contribution is 5.04. The first-order chi connectivity index (χ1) is 8.85. The van der Waals surface area contributed by atoms with Crippen LogP contribution in [0.15, 0.2) is 0 Å². The Morgan fingerprint density at radius 2 is 1.94 bits per heavy atom. The predicted molar refractivity (Wildman–Crippen MR) is 77.7 cm³/mol. The Hall–Kier alpha value is -0.0400. The van der Waals surface area contributed by atoms with Crippen LogP contribution < -0.4 is 0 Å². The van der Waals surface area contributed by atoms with Gasteiger partial charge in [-0.05, 0) is 63.3 Å². The van der Waals surface area contributed by atoms with Crippen LogP contribution in [0.3, 0.4) is 0 Å². The molecule has 0 aromatic rings. The third kappa shape index (κ3) is 2.24. The summed E-state index contributed by atoms with van der Waals surface area (Å²) in [7, 11) is 0. The van der Waals surface area contributed by atoms with Gasteiger partial charge >= 0.3 is 0 Å². The van der Waals surface area contributed by atoms with Gasteiger partial charge in [-0.25, -0.2) is 0 Å². The van der Waals surface area contributed by atoms with Gasteiger partial charge in [-0.3, -0.25) is 4.90 Å². The number of hydrogen-bond donors (Lipinski definition) is 0. The summed E-state index contributed by atoms with van der Waals surface area (Å²) in [6.45, 7) is 5.20. The fourth-order valence-electron chi connectivity index (χ4n) is 5.25. The molecule has 18 heavy (non-hydrogen) atoms. The van der Waals surface area contributed by atoms with Crippen molar-refractivity contribution in [3.05, 3.63) is 0 Å². The zero-order valence-electron chi connectivity index (χ0n) is 12.3. The first kappa shape index (κ1) is 13.0. The molecular weight excluding hydrogens is 218 g/mol. The lowest BCUT2D eigenvalue weighted by atomic mass is 9.70. The Bertz CT molecular complexity index is 275. The van der Waals surface area contributed by atoms with E-state index in [-0.39, 0.29) is 0 Å². The minimum absolute atomic E-state index is 0.680.